The van der Waals surface area contributed by atoms with Gasteiger partial charge in [-0.15, -0.1) is 10.2 Å². The highest BCUT2D eigenvalue weighted by Gasteiger charge is 2.13. The van der Waals surface area contributed by atoms with Gasteiger partial charge in [0.25, 0.3) is 0 Å². The molecule has 0 unspecified atom stereocenters. The molecular formula is C19H15N5O3S. The highest BCUT2D eigenvalue weighted by molar-refractivity contribution is 7.99. The summed E-state index contributed by atoms with van der Waals surface area (Å²) in [6.07, 6.45) is 1.58. The van der Waals surface area contributed by atoms with Crippen molar-refractivity contribution in [2.24, 2.45) is 0 Å². The maximum atomic E-state index is 12.3. The lowest BCUT2D eigenvalue weighted by Crippen LogP contribution is -2.14. The molecule has 8 nitrogen and oxygen atoms in total. The van der Waals surface area contributed by atoms with Crippen LogP contribution in [0.4, 0.5) is 5.69 Å². The topological polar surface area (TPSA) is 102 Å². The van der Waals surface area contributed by atoms with Crippen LogP contribution in [0.25, 0.3) is 17.1 Å². The van der Waals surface area contributed by atoms with Gasteiger partial charge in [-0.05, 0) is 43.3 Å². The fourth-order valence-corrected chi connectivity index (χ4v) is 3.25. The van der Waals surface area contributed by atoms with Crippen LogP contribution in [0.3, 0.4) is 0 Å². The molecule has 3 heterocycles. The summed E-state index contributed by atoms with van der Waals surface area (Å²) in [5.74, 6) is 0.482. The molecule has 0 aliphatic heterocycles. The van der Waals surface area contributed by atoms with Crippen LogP contribution in [0.5, 0.6) is 0 Å². The second-order valence-corrected chi connectivity index (χ2v) is 6.86. The number of hydrogen-bond acceptors (Lipinski definition) is 7. The van der Waals surface area contributed by atoms with Crippen molar-refractivity contribution < 1.29 is 14.0 Å². The molecule has 4 aromatic rings. The lowest BCUT2D eigenvalue weighted by Gasteiger charge is -2.06. The van der Waals surface area contributed by atoms with Crippen LogP contribution < -0.4 is 5.32 Å². The third kappa shape index (κ3) is 3.79. The zero-order chi connectivity index (χ0) is 19.5. The van der Waals surface area contributed by atoms with Gasteiger partial charge < -0.3 is 9.73 Å². The molecule has 1 N–H and O–H groups in total. The summed E-state index contributed by atoms with van der Waals surface area (Å²) in [6, 6.07) is 14.0. The van der Waals surface area contributed by atoms with Crippen LogP contribution in [0.1, 0.15) is 17.3 Å². The summed E-state index contributed by atoms with van der Waals surface area (Å²) in [7, 11) is 0. The van der Waals surface area contributed by atoms with Gasteiger partial charge in [-0.25, -0.2) is 0 Å². The molecule has 28 heavy (non-hydrogen) atoms. The summed E-state index contributed by atoms with van der Waals surface area (Å²) >= 11 is 1.22. The number of carbonyl (C=O) groups excluding carboxylic acids is 2. The quantitative estimate of drug-likeness (QED) is 0.396. The summed E-state index contributed by atoms with van der Waals surface area (Å²) in [5.41, 5.74) is 2.34. The van der Waals surface area contributed by atoms with Crippen molar-refractivity contribution in [1.29, 1.82) is 0 Å². The van der Waals surface area contributed by atoms with E-state index in [9.17, 15) is 9.59 Å². The molecule has 0 radical (unpaired) electrons. The Hall–Kier alpha value is -3.46. The Kier molecular flexibility index (Phi) is 4.90. The maximum absolute atomic E-state index is 12.3. The second kappa shape index (κ2) is 7.65. The van der Waals surface area contributed by atoms with Crippen molar-refractivity contribution in [1.82, 2.24) is 19.8 Å². The first-order valence-electron chi connectivity index (χ1n) is 8.40. The largest absolute Gasteiger partial charge is 0.463 e. The number of thioether (sulfide) groups is 1. The van der Waals surface area contributed by atoms with Crippen LogP contribution in [0.15, 0.2) is 64.4 Å². The van der Waals surface area contributed by atoms with E-state index in [2.05, 4.69) is 20.6 Å². The number of nitrogens with zero attached hydrogens (tertiary/aromatic N) is 4. The Balaban J connectivity index is 1.46. The normalized spacial score (nSPS) is 10.9. The molecule has 1 aromatic carbocycles. The van der Waals surface area contributed by atoms with E-state index in [1.54, 1.807) is 53.2 Å². The van der Waals surface area contributed by atoms with E-state index in [4.69, 9.17) is 4.42 Å². The Morgan fingerprint density at radius 3 is 2.82 bits per heavy atom. The van der Waals surface area contributed by atoms with Crippen molar-refractivity contribution >= 4 is 34.8 Å². The fourth-order valence-electron chi connectivity index (χ4n) is 2.56. The second-order valence-electron chi connectivity index (χ2n) is 5.92. The molecule has 1 amide bonds. The van der Waals surface area contributed by atoms with E-state index < -0.39 is 0 Å². The highest BCUT2D eigenvalue weighted by Crippen LogP contribution is 2.21. The first-order chi connectivity index (χ1) is 13.6. The average Bonchev–Trinajstić information content (AvgIpc) is 3.36. The minimum atomic E-state index is -0.218. The van der Waals surface area contributed by atoms with Gasteiger partial charge in [0.2, 0.25) is 11.1 Å². The number of rotatable bonds is 6. The van der Waals surface area contributed by atoms with Gasteiger partial charge in [0.1, 0.15) is 5.69 Å². The van der Waals surface area contributed by atoms with Crippen LogP contribution in [0, 0.1) is 0 Å². The van der Waals surface area contributed by atoms with Crippen LogP contribution >= 0.6 is 11.8 Å². The maximum Gasteiger partial charge on any atom is 0.234 e. The van der Waals surface area contributed by atoms with Crippen molar-refractivity contribution in [3.05, 3.63) is 60.4 Å². The van der Waals surface area contributed by atoms with E-state index in [1.807, 2.05) is 6.07 Å². The monoisotopic (exact) mass is 393 g/mol. The number of Topliss-reactive ketones (excluding diaryl/α,β-unsaturated/α-hetero) is 1. The molecule has 4 rings (SSSR count). The number of nitrogens with one attached hydrogen (secondary N) is 1. The lowest BCUT2D eigenvalue weighted by atomic mass is 10.1. The third-order valence-corrected chi connectivity index (χ3v) is 4.81. The Morgan fingerprint density at radius 2 is 2.04 bits per heavy atom. The zero-order valence-electron chi connectivity index (χ0n) is 14.8. The van der Waals surface area contributed by atoms with Gasteiger partial charge in [-0.3, -0.25) is 9.59 Å². The molecule has 0 aliphatic rings. The molecule has 0 aliphatic carbocycles. The molecule has 0 spiro atoms. The number of amides is 1. The minimum absolute atomic E-state index is 0.0566. The van der Waals surface area contributed by atoms with Gasteiger partial charge in [0.15, 0.2) is 17.2 Å². The highest BCUT2D eigenvalue weighted by atomic mass is 32.2. The SMILES string of the molecule is CC(=O)c1cccc(NC(=O)CSc2nnc3ccc(-c4ccco4)nn23)c1. The number of aromatic nitrogens is 4. The van der Waals surface area contributed by atoms with Crippen LogP contribution in [-0.4, -0.2) is 37.3 Å². The first-order valence-corrected chi connectivity index (χ1v) is 9.39. The predicted molar refractivity (Wildman–Crippen MR) is 104 cm³/mol. The smallest absolute Gasteiger partial charge is 0.234 e. The summed E-state index contributed by atoms with van der Waals surface area (Å²) in [6.45, 7) is 1.48. The van der Waals surface area contributed by atoms with E-state index in [-0.39, 0.29) is 17.4 Å². The molecule has 0 saturated carbocycles. The van der Waals surface area contributed by atoms with E-state index in [1.165, 1.54) is 18.7 Å². The van der Waals surface area contributed by atoms with Crippen molar-refractivity contribution in [2.75, 3.05) is 11.1 Å². The molecule has 3 aromatic heterocycles. The standard InChI is InChI=1S/C19H15N5O3S/c1-12(25)13-4-2-5-14(10-13)20-18(26)11-28-19-22-21-17-8-7-15(23-24(17)19)16-6-3-9-27-16/h2-10H,11H2,1H3,(H,20,26). The molecule has 0 atom stereocenters. The average molecular weight is 393 g/mol. The number of fused-ring (bicyclic) bond motifs is 1. The first kappa shape index (κ1) is 17.9. The van der Waals surface area contributed by atoms with Crippen molar-refractivity contribution in [3.8, 4) is 11.5 Å². The number of carbonyl (C=O) groups is 2. The number of hydrogen-bond donors (Lipinski definition) is 1. The minimum Gasteiger partial charge on any atom is -0.463 e. The van der Waals surface area contributed by atoms with Crippen molar-refractivity contribution in [2.45, 2.75) is 12.1 Å². The molecular weight excluding hydrogens is 378 g/mol. The van der Waals surface area contributed by atoms with Gasteiger partial charge in [-0.2, -0.15) is 9.61 Å². The van der Waals surface area contributed by atoms with Crippen molar-refractivity contribution in [3.63, 3.8) is 0 Å². The predicted octanol–water partition coefficient (Wildman–Crippen LogP) is 3.32. The number of anilines is 1. The third-order valence-electron chi connectivity index (χ3n) is 3.89. The Labute approximate surface area is 164 Å². The molecule has 0 bridgehead atoms. The van der Waals surface area contributed by atoms with Crippen LogP contribution in [0.2, 0.25) is 0 Å². The van der Waals surface area contributed by atoms with E-state index in [0.717, 1.165) is 0 Å². The van der Waals surface area contributed by atoms with E-state index in [0.29, 0.717) is 33.5 Å². The fraction of sp³-hybridized carbons (Fsp3) is 0.105. The Morgan fingerprint density at radius 1 is 1.14 bits per heavy atom. The van der Waals surface area contributed by atoms with Gasteiger partial charge >= 0.3 is 0 Å². The number of furan rings is 1. The zero-order valence-corrected chi connectivity index (χ0v) is 15.6. The van der Waals surface area contributed by atoms with E-state index >= 15 is 0 Å². The molecule has 0 fully saturated rings. The van der Waals surface area contributed by atoms with Gasteiger partial charge in [-0.1, -0.05) is 23.9 Å². The summed E-state index contributed by atoms with van der Waals surface area (Å²) in [4.78, 5) is 23.7. The summed E-state index contributed by atoms with van der Waals surface area (Å²) in [5, 5.41) is 15.9. The van der Waals surface area contributed by atoms with Crippen LogP contribution in [-0.2, 0) is 4.79 Å². The van der Waals surface area contributed by atoms with Gasteiger partial charge in [0, 0.05) is 11.3 Å². The number of benzene rings is 1. The Bertz CT molecular complexity index is 1150. The molecule has 9 heteroatoms. The van der Waals surface area contributed by atoms with Gasteiger partial charge in [0.05, 0.1) is 12.0 Å². The molecule has 0 saturated heterocycles. The lowest BCUT2D eigenvalue weighted by molar-refractivity contribution is -0.113. The summed E-state index contributed by atoms with van der Waals surface area (Å²) < 4.78 is 6.94. The molecule has 140 valence electrons. The number of ketones is 1.